The lowest BCUT2D eigenvalue weighted by molar-refractivity contribution is 0.209. The highest BCUT2D eigenvalue weighted by Gasteiger charge is 2.21. The second kappa shape index (κ2) is 6.45. The summed E-state index contributed by atoms with van der Waals surface area (Å²) in [6.45, 7) is 6.06. The summed E-state index contributed by atoms with van der Waals surface area (Å²) in [5.74, 6) is 0.701. The highest BCUT2D eigenvalue weighted by molar-refractivity contribution is 7.99. The third kappa shape index (κ3) is 3.75. The van der Waals surface area contributed by atoms with Crippen molar-refractivity contribution in [3.63, 3.8) is 0 Å². The van der Waals surface area contributed by atoms with Gasteiger partial charge in [-0.25, -0.2) is 0 Å². The second-order valence-corrected chi connectivity index (χ2v) is 6.24. The molecule has 0 bridgehead atoms. The van der Waals surface area contributed by atoms with Gasteiger partial charge in [0.05, 0.1) is 0 Å². The molecule has 1 atom stereocenters. The molecular weight excluding hydrogens is 230 g/mol. The van der Waals surface area contributed by atoms with Crippen LogP contribution >= 0.6 is 11.8 Å². The summed E-state index contributed by atoms with van der Waals surface area (Å²) in [6.07, 6.45) is 7.93. The maximum Gasteiger partial charge on any atom is 0.0490 e. The number of hydrogen-bond acceptors (Lipinski definition) is 3. The van der Waals surface area contributed by atoms with E-state index in [1.54, 1.807) is 0 Å². The number of nitrogens with zero attached hydrogens (tertiary/aromatic N) is 2. The lowest BCUT2D eigenvalue weighted by atomic mass is 9.93. The highest BCUT2D eigenvalue weighted by atomic mass is 32.2. The molecule has 96 valence electrons. The molecule has 4 heteroatoms. The molecule has 0 spiro atoms. The van der Waals surface area contributed by atoms with Crippen LogP contribution in [0, 0.1) is 0 Å². The van der Waals surface area contributed by atoms with Crippen LogP contribution in [-0.2, 0) is 0 Å². The Balaban J connectivity index is 1.71. The summed E-state index contributed by atoms with van der Waals surface area (Å²) in [5, 5.41) is 7.95. The molecule has 1 aromatic heterocycles. The molecule has 1 aromatic rings. The minimum atomic E-state index is 0.701. The number of H-pyrrole nitrogens is 1. The topological polar surface area (TPSA) is 31.9 Å². The second-order valence-electron chi connectivity index (χ2n) is 4.96. The van der Waals surface area contributed by atoms with Crippen molar-refractivity contribution in [2.45, 2.75) is 37.4 Å². The summed E-state index contributed by atoms with van der Waals surface area (Å²) in [6, 6.07) is 2.12. The van der Waals surface area contributed by atoms with E-state index in [9.17, 15) is 0 Å². The monoisotopic (exact) mass is 253 g/mol. The Morgan fingerprint density at radius 3 is 2.88 bits per heavy atom. The van der Waals surface area contributed by atoms with E-state index in [4.69, 9.17) is 0 Å². The third-order valence-corrected chi connectivity index (χ3v) is 4.84. The predicted molar refractivity (Wildman–Crippen MR) is 74.6 cm³/mol. The number of thioether (sulfide) groups is 1. The Labute approximate surface area is 108 Å². The number of aromatic nitrogens is 2. The van der Waals surface area contributed by atoms with E-state index in [1.165, 1.54) is 44.6 Å². The molecule has 0 amide bonds. The number of nitrogens with one attached hydrogen (secondary N) is 1. The molecule has 1 fully saturated rings. The average Bonchev–Trinajstić information content (AvgIpc) is 2.90. The van der Waals surface area contributed by atoms with Gasteiger partial charge in [-0.2, -0.15) is 16.9 Å². The lowest BCUT2D eigenvalue weighted by Crippen LogP contribution is -2.34. The van der Waals surface area contributed by atoms with Crippen LogP contribution in [-0.4, -0.2) is 46.2 Å². The van der Waals surface area contributed by atoms with Crippen molar-refractivity contribution in [3.8, 4) is 0 Å². The molecule has 1 saturated heterocycles. The fraction of sp³-hybridized carbons (Fsp3) is 0.769. The summed E-state index contributed by atoms with van der Waals surface area (Å²) in [7, 11) is 0. The first-order chi connectivity index (χ1) is 8.29. The number of hydrogen-bond donors (Lipinski definition) is 1. The lowest BCUT2D eigenvalue weighted by Gasteiger charge is -2.31. The average molecular weight is 253 g/mol. The van der Waals surface area contributed by atoms with E-state index in [-0.39, 0.29) is 0 Å². The molecule has 0 aliphatic carbocycles. The van der Waals surface area contributed by atoms with Gasteiger partial charge in [0.2, 0.25) is 0 Å². The van der Waals surface area contributed by atoms with E-state index in [0.717, 1.165) is 5.25 Å². The van der Waals surface area contributed by atoms with Crippen molar-refractivity contribution < 1.29 is 0 Å². The van der Waals surface area contributed by atoms with Crippen LogP contribution in [0.3, 0.4) is 0 Å². The largest absolute Gasteiger partial charge is 0.303 e. The summed E-state index contributed by atoms with van der Waals surface area (Å²) in [5.41, 5.74) is 1.32. The summed E-state index contributed by atoms with van der Waals surface area (Å²) in [4.78, 5) is 2.61. The normalized spacial score (nSPS) is 20.6. The quantitative estimate of drug-likeness (QED) is 0.875. The van der Waals surface area contributed by atoms with Crippen LogP contribution in [0.5, 0.6) is 0 Å². The highest BCUT2D eigenvalue weighted by Crippen LogP contribution is 2.26. The van der Waals surface area contributed by atoms with Gasteiger partial charge in [-0.1, -0.05) is 6.92 Å². The van der Waals surface area contributed by atoms with Crippen LogP contribution < -0.4 is 0 Å². The van der Waals surface area contributed by atoms with Gasteiger partial charge in [-0.15, -0.1) is 0 Å². The molecule has 0 aromatic carbocycles. The van der Waals surface area contributed by atoms with Crippen molar-refractivity contribution in [1.82, 2.24) is 15.1 Å². The van der Waals surface area contributed by atoms with Crippen molar-refractivity contribution >= 4 is 11.8 Å². The Morgan fingerprint density at radius 1 is 1.53 bits per heavy atom. The number of aromatic amines is 1. The molecule has 1 aliphatic heterocycles. The standard InChI is InChI=1S/C13H23N3S/c1-11(17-2)4-8-16-9-5-12(6-10-16)13-3-7-14-15-13/h3,7,11-12H,4-6,8-10H2,1-2H3,(H,14,15)/t11-/m1/s1. The van der Waals surface area contributed by atoms with Gasteiger partial charge < -0.3 is 4.90 Å². The van der Waals surface area contributed by atoms with E-state index >= 15 is 0 Å². The minimum absolute atomic E-state index is 0.701. The molecule has 17 heavy (non-hydrogen) atoms. The first kappa shape index (κ1) is 13.0. The van der Waals surface area contributed by atoms with Crippen molar-refractivity contribution in [3.05, 3.63) is 18.0 Å². The molecule has 3 nitrogen and oxygen atoms in total. The fourth-order valence-electron chi connectivity index (χ4n) is 2.44. The van der Waals surface area contributed by atoms with Gasteiger partial charge >= 0.3 is 0 Å². The van der Waals surface area contributed by atoms with Gasteiger partial charge in [0.15, 0.2) is 0 Å². The van der Waals surface area contributed by atoms with Crippen LogP contribution in [0.2, 0.25) is 0 Å². The van der Waals surface area contributed by atoms with E-state index in [2.05, 4.69) is 34.3 Å². The number of rotatable bonds is 5. The SMILES string of the molecule is CS[C@H](C)CCN1CCC(c2ccn[nH]2)CC1. The fourth-order valence-corrected chi connectivity index (χ4v) is 2.78. The molecule has 1 N–H and O–H groups in total. The smallest absolute Gasteiger partial charge is 0.0490 e. The predicted octanol–water partition coefficient (Wildman–Crippen LogP) is 2.73. The third-order valence-electron chi connectivity index (χ3n) is 3.80. The zero-order chi connectivity index (χ0) is 12.1. The van der Waals surface area contributed by atoms with Gasteiger partial charge in [-0.3, -0.25) is 5.10 Å². The Kier molecular flexibility index (Phi) is 4.92. The van der Waals surface area contributed by atoms with Crippen LogP contribution in [0.25, 0.3) is 0 Å². The van der Waals surface area contributed by atoms with Crippen molar-refractivity contribution in [2.24, 2.45) is 0 Å². The maximum atomic E-state index is 4.05. The van der Waals surface area contributed by atoms with Gasteiger partial charge in [0.1, 0.15) is 0 Å². The summed E-state index contributed by atoms with van der Waals surface area (Å²) >= 11 is 1.97. The van der Waals surface area contributed by atoms with Crippen LogP contribution in [0.15, 0.2) is 12.3 Å². The molecule has 1 aliphatic rings. The molecular formula is C13H23N3S. The molecule has 2 rings (SSSR count). The number of piperidine rings is 1. The summed E-state index contributed by atoms with van der Waals surface area (Å²) < 4.78 is 0. The Morgan fingerprint density at radius 2 is 2.29 bits per heavy atom. The van der Waals surface area contributed by atoms with E-state index < -0.39 is 0 Å². The van der Waals surface area contributed by atoms with Gasteiger partial charge in [-0.05, 0) is 51.2 Å². The minimum Gasteiger partial charge on any atom is -0.303 e. The zero-order valence-electron chi connectivity index (χ0n) is 10.9. The van der Waals surface area contributed by atoms with Crippen LogP contribution in [0.4, 0.5) is 0 Å². The first-order valence-electron chi connectivity index (χ1n) is 6.54. The molecule has 0 unspecified atom stereocenters. The van der Waals surface area contributed by atoms with E-state index in [0.29, 0.717) is 5.92 Å². The first-order valence-corrected chi connectivity index (χ1v) is 7.83. The van der Waals surface area contributed by atoms with Gasteiger partial charge in [0, 0.05) is 23.1 Å². The van der Waals surface area contributed by atoms with Crippen molar-refractivity contribution in [2.75, 3.05) is 25.9 Å². The van der Waals surface area contributed by atoms with Crippen LogP contribution in [0.1, 0.15) is 37.8 Å². The zero-order valence-corrected chi connectivity index (χ0v) is 11.7. The maximum absolute atomic E-state index is 4.05. The number of likely N-dealkylation sites (tertiary alicyclic amines) is 1. The molecule has 2 heterocycles. The van der Waals surface area contributed by atoms with Gasteiger partial charge in [0.25, 0.3) is 0 Å². The Hall–Kier alpha value is -0.480. The van der Waals surface area contributed by atoms with E-state index in [1.807, 2.05) is 18.0 Å². The molecule has 0 saturated carbocycles. The Bertz CT molecular complexity index is 304. The van der Waals surface area contributed by atoms with Crippen molar-refractivity contribution in [1.29, 1.82) is 0 Å². The molecule has 0 radical (unpaired) electrons.